The maximum Gasteiger partial charge on any atom is 0.0239 e. The Kier molecular flexibility index (Phi) is 3.87. The van der Waals surface area contributed by atoms with E-state index in [1.807, 2.05) is 0 Å². The van der Waals surface area contributed by atoms with E-state index in [-0.39, 0.29) is 0 Å². The van der Waals surface area contributed by atoms with Crippen LogP contribution in [0.5, 0.6) is 0 Å². The number of likely N-dealkylation sites (N-methyl/N-ethyl adjacent to an activating group) is 3. The van der Waals surface area contributed by atoms with Crippen molar-refractivity contribution in [2.24, 2.45) is 5.92 Å². The third-order valence-corrected chi connectivity index (χ3v) is 5.56. The van der Waals surface area contributed by atoms with Gasteiger partial charge in [-0.2, -0.15) is 0 Å². The molecular formula is C15H30N4. The van der Waals surface area contributed by atoms with Crippen molar-refractivity contribution in [2.75, 3.05) is 60.4 Å². The average molecular weight is 266 g/mol. The maximum atomic E-state index is 2.77. The minimum absolute atomic E-state index is 0.691. The predicted molar refractivity (Wildman–Crippen MR) is 79.5 cm³/mol. The standard InChI is InChI=1S/C15H30N4/c1-12-6-16(2)7-13(8-17(12)3)9-19-11-14-5-15(19)10-18(14)4/h12-15H,5-11H2,1-4H3. The molecule has 3 aliphatic rings. The first-order valence-corrected chi connectivity index (χ1v) is 7.86. The minimum atomic E-state index is 0.691. The van der Waals surface area contributed by atoms with Gasteiger partial charge in [0.25, 0.3) is 0 Å². The Hall–Kier alpha value is -0.160. The van der Waals surface area contributed by atoms with Gasteiger partial charge in [-0.3, -0.25) is 4.90 Å². The molecule has 0 radical (unpaired) electrons. The molecule has 3 rings (SSSR count). The van der Waals surface area contributed by atoms with E-state index >= 15 is 0 Å². The first-order chi connectivity index (χ1) is 9.02. The second-order valence-electron chi connectivity index (χ2n) is 7.31. The van der Waals surface area contributed by atoms with E-state index < -0.39 is 0 Å². The van der Waals surface area contributed by atoms with Crippen molar-refractivity contribution in [2.45, 2.75) is 31.5 Å². The molecule has 0 aromatic rings. The monoisotopic (exact) mass is 266 g/mol. The van der Waals surface area contributed by atoms with Gasteiger partial charge in [0.05, 0.1) is 0 Å². The lowest BCUT2D eigenvalue weighted by Gasteiger charge is -2.35. The lowest BCUT2D eigenvalue weighted by Crippen LogP contribution is -2.48. The van der Waals surface area contributed by atoms with Gasteiger partial charge < -0.3 is 14.7 Å². The Labute approximate surface area is 118 Å². The quantitative estimate of drug-likeness (QED) is 0.710. The summed E-state index contributed by atoms with van der Waals surface area (Å²) in [6.45, 7) is 9.98. The first-order valence-electron chi connectivity index (χ1n) is 7.86. The van der Waals surface area contributed by atoms with Crippen LogP contribution in [0.4, 0.5) is 0 Å². The summed E-state index contributed by atoms with van der Waals surface area (Å²) in [6, 6.07) is 2.37. The molecule has 3 saturated heterocycles. The molecular weight excluding hydrogens is 236 g/mol. The largest absolute Gasteiger partial charge is 0.304 e. The van der Waals surface area contributed by atoms with Gasteiger partial charge in [0, 0.05) is 57.4 Å². The van der Waals surface area contributed by atoms with Crippen LogP contribution in [0.15, 0.2) is 0 Å². The highest BCUT2D eigenvalue weighted by molar-refractivity contribution is 4.99. The topological polar surface area (TPSA) is 13.0 Å². The van der Waals surface area contributed by atoms with Gasteiger partial charge in [0.1, 0.15) is 0 Å². The van der Waals surface area contributed by atoms with E-state index in [9.17, 15) is 0 Å². The zero-order chi connectivity index (χ0) is 13.6. The van der Waals surface area contributed by atoms with E-state index in [1.54, 1.807) is 0 Å². The zero-order valence-electron chi connectivity index (χ0n) is 13.0. The molecule has 0 amide bonds. The molecule has 0 saturated carbocycles. The van der Waals surface area contributed by atoms with E-state index in [4.69, 9.17) is 0 Å². The van der Waals surface area contributed by atoms with Gasteiger partial charge in [-0.05, 0) is 40.4 Å². The van der Waals surface area contributed by atoms with Crippen molar-refractivity contribution in [3.05, 3.63) is 0 Å². The van der Waals surface area contributed by atoms with Crippen LogP contribution in [-0.4, -0.2) is 98.1 Å². The third kappa shape index (κ3) is 2.82. The Bertz CT molecular complexity index is 319. The summed E-state index contributed by atoms with van der Waals surface area (Å²) < 4.78 is 0. The second-order valence-corrected chi connectivity index (χ2v) is 7.31. The fourth-order valence-corrected chi connectivity index (χ4v) is 4.37. The molecule has 4 heteroatoms. The molecule has 3 fully saturated rings. The number of rotatable bonds is 2. The summed E-state index contributed by atoms with van der Waals surface area (Å²) in [7, 11) is 6.87. The van der Waals surface area contributed by atoms with Crippen LogP contribution in [0.3, 0.4) is 0 Å². The fraction of sp³-hybridized carbons (Fsp3) is 1.00. The van der Waals surface area contributed by atoms with Crippen LogP contribution in [0.1, 0.15) is 13.3 Å². The lowest BCUT2D eigenvalue weighted by atomic mass is 10.1. The maximum absolute atomic E-state index is 2.77. The highest BCUT2D eigenvalue weighted by Crippen LogP contribution is 2.30. The van der Waals surface area contributed by atoms with Gasteiger partial charge in [0.15, 0.2) is 0 Å². The van der Waals surface area contributed by atoms with Gasteiger partial charge in [-0.15, -0.1) is 0 Å². The average Bonchev–Trinajstić information content (AvgIpc) is 2.83. The number of hydrogen-bond acceptors (Lipinski definition) is 4. The number of hydrogen-bond donors (Lipinski definition) is 0. The van der Waals surface area contributed by atoms with Crippen molar-refractivity contribution in [3.8, 4) is 0 Å². The van der Waals surface area contributed by atoms with Gasteiger partial charge in [-0.25, -0.2) is 0 Å². The summed E-state index contributed by atoms with van der Waals surface area (Å²) in [5.74, 6) is 0.810. The van der Waals surface area contributed by atoms with E-state index in [0.717, 1.165) is 18.0 Å². The van der Waals surface area contributed by atoms with Crippen LogP contribution < -0.4 is 0 Å². The van der Waals surface area contributed by atoms with Crippen molar-refractivity contribution in [1.82, 2.24) is 19.6 Å². The molecule has 4 atom stereocenters. The SMILES string of the molecule is CC1CN(C)CC(CN2CC3CC2CN3C)CN1C. The number of fused-ring (bicyclic) bond motifs is 2. The molecule has 19 heavy (non-hydrogen) atoms. The zero-order valence-corrected chi connectivity index (χ0v) is 13.0. The molecule has 0 aromatic carbocycles. The number of nitrogens with zero attached hydrogens (tertiary/aromatic N) is 4. The van der Waals surface area contributed by atoms with Crippen molar-refractivity contribution < 1.29 is 0 Å². The molecule has 3 heterocycles. The van der Waals surface area contributed by atoms with Gasteiger partial charge in [0.2, 0.25) is 0 Å². The predicted octanol–water partition coefficient (Wildman–Crippen LogP) is 0.257. The van der Waals surface area contributed by atoms with Crippen LogP contribution >= 0.6 is 0 Å². The molecule has 3 aliphatic heterocycles. The van der Waals surface area contributed by atoms with Crippen LogP contribution in [0.25, 0.3) is 0 Å². The van der Waals surface area contributed by atoms with Crippen LogP contribution in [0, 0.1) is 5.92 Å². The Morgan fingerprint density at radius 2 is 1.63 bits per heavy atom. The Morgan fingerprint density at radius 3 is 2.26 bits per heavy atom. The highest BCUT2D eigenvalue weighted by Gasteiger charge is 2.42. The summed E-state index contributed by atoms with van der Waals surface area (Å²) >= 11 is 0. The van der Waals surface area contributed by atoms with E-state index in [2.05, 4.69) is 47.7 Å². The van der Waals surface area contributed by atoms with Gasteiger partial charge >= 0.3 is 0 Å². The smallest absolute Gasteiger partial charge is 0.0239 e. The molecule has 0 N–H and O–H groups in total. The van der Waals surface area contributed by atoms with E-state index in [1.165, 1.54) is 45.7 Å². The third-order valence-electron chi connectivity index (χ3n) is 5.56. The first kappa shape index (κ1) is 13.8. The van der Waals surface area contributed by atoms with Gasteiger partial charge in [-0.1, -0.05) is 0 Å². The Morgan fingerprint density at radius 1 is 0.842 bits per heavy atom. The summed E-state index contributed by atoms with van der Waals surface area (Å²) in [5.41, 5.74) is 0. The molecule has 0 spiro atoms. The van der Waals surface area contributed by atoms with Crippen LogP contribution in [0.2, 0.25) is 0 Å². The molecule has 2 bridgehead atoms. The summed E-state index contributed by atoms with van der Waals surface area (Å²) in [6.07, 6.45) is 1.41. The second kappa shape index (κ2) is 5.32. The molecule has 4 nitrogen and oxygen atoms in total. The van der Waals surface area contributed by atoms with E-state index in [0.29, 0.717) is 6.04 Å². The Balaban J connectivity index is 1.58. The van der Waals surface area contributed by atoms with Crippen molar-refractivity contribution in [1.29, 1.82) is 0 Å². The summed E-state index contributed by atoms with van der Waals surface area (Å²) in [4.78, 5) is 10.4. The molecule has 4 unspecified atom stereocenters. The number of piperazine rings is 1. The summed E-state index contributed by atoms with van der Waals surface area (Å²) in [5, 5.41) is 0. The highest BCUT2D eigenvalue weighted by atomic mass is 15.3. The lowest BCUT2D eigenvalue weighted by molar-refractivity contribution is 0.118. The van der Waals surface area contributed by atoms with Crippen LogP contribution in [-0.2, 0) is 0 Å². The minimum Gasteiger partial charge on any atom is -0.304 e. The fourth-order valence-electron chi connectivity index (χ4n) is 4.37. The molecule has 0 aromatic heterocycles. The molecule has 110 valence electrons. The molecule has 0 aliphatic carbocycles. The van der Waals surface area contributed by atoms with Crippen molar-refractivity contribution >= 4 is 0 Å². The number of likely N-dealkylation sites (tertiary alicyclic amines) is 2. The van der Waals surface area contributed by atoms with Crippen molar-refractivity contribution in [3.63, 3.8) is 0 Å². The normalized spacial score (nSPS) is 42.9.